The summed E-state index contributed by atoms with van der Waals surface area (Å²) in [6.07, 6.45) is 4.60. The lowest BCUT2D eigenvalue weighted by atomic mass is 10.1. The van der Waals surface area contributed by atoms with Gasteiger partial charge in [0.2, 0.25) is 0 Å². The summed E-state index contributed by atoms with van der Waals surface area (Å²) in [5, 5.41) is 10.7. The lowest BCUT2D eigenvalue weighted by Gasteiger charge is -2.11. The minimum atomic E-state index is -0.465. The van der Waals surface area contributed by atoms with Gasteiger partial charge in [0.25, 0.3) is 16.8 Å². The van der Waals surface area contributed by atoms with Crippen LogP contribution in [0.5, 0.6) is 0 Å². The Hall–Kier alpha value is -3.19. The van der Waals surface area contributed by atoms with Crippen molar-refractivity contribution in [1.29, 1.82) is 0 Å². The molecule has 2 amide bonds. The smallest absolute Gasteiger partial charge is 0.268 e. The Morgan fingerprint density at radius 2 is 1.73 bits per heavy atom. The average molecular weight is 366 g/mol. The summed E-state index contributed by atoms with van der Waals surface area (Å²) < 4.78 is 0. The number of amides is 2. The number of allylic oxidation sites excluding steroid dienone is 2. The summed E-state index contributed by atoms with van der Waals surface area (Å²) in [6, 6.07) is 15.6. The molecular formula is C19H14N2O4S. The van der Waals surface area contributed by atoms with Gasteiger partial charge in [-0.25, -0.2) is 0 Å². The molecule has 1 heterocycles. The first-order valence-electron chi connectivity index (χ1n) is 7.75. The Labute approximate surface area is 154 Å². The molecule has 26 heavy (non-hydrogen) atoms. The zero-order valence-corrected chi connectivity index (χ0v) is 14.4. The number of hydrogen-bond donors (Lipinski definition) is 0. The van der Waals surface area contributed by atoms with E-state index < -0.39 is 4.92 Å². The summed E-state index contributed by atoms with van der Waals surface area (Å²) in [5.41, 5.74) is 1.28. The molecule has 130 valence electrons. The van der Waals surface area contributed by atoms with E-state index in [1.807, 2.05) is 30.3 Å². The number of benzene rings is 2. The molecule has 0 saturated carbocycles. The Morgan fingerprint density at radius 3 is 2.46 bits per heavy atom. The van der Waals surface area contributed by atoms with E-state index in [9.17, 15) is 19.7 Å². The molecule has 0 N–H and O–H groups in total. The van der Waals surface area contributed by atoms with Gasteiger partial charge in [-0.2, -0.15) is 0 Å². The fourth-order valence-electron chi connectivity index (χ4n) is 2.45. The molecule has 6 nitrogen and oxygen atoms in total. The molecule has 7 heteroatoms. The second kappa shape index (κ2) is 7.79. The molecule has 3 rings (SSSR count). The van der Waals surface area contributed by atoms with Gasteiger partial charge in [0.05, 0.1) is 21.9 Å². The number of imide groups is 1. The first kappa shape index (κ1) is 17.6. The highest BCUT2D eigenvalue weighted by atomic mass is 32.2. The van der Waals surface area contributed by atoms with E-state index in [1.54, 1.807) is 30.4 Å². The zero-order valence-electron chi connectivity index (χ0n) is 13.6. The fourth-order valence-corrected chi connectivity index (χ4v) is 3.24. The predicted octanol–water partition coefficient (Wildman–Crippen LogP) is 4.39. The summed E-state index contributed by atoms with van der Waals surface area (Å²) >= 11 is 0.860. The molecule has 1 saturated heterocycles. The number of hydrogen-bond acceptors (Lipinski definition) is 5. The maximum atomic E-state index is 12.4. The number of nitro groups is 1. The number of nitro benzene ring substituents is 1. The maximum absolute atomic E-state index is 12.4. The lowest BCUT2D eigenvalue weighted by molar-refractivity contribution is -0.385. The first-order chi connectivity index (χ1) is 12.6. The Morgan fingerprint density at radius 1 is 1.04 bits per heavy atom. The van der Waals surface area contributed by atoms with Gasteiger partial charge < -0.3 is 0 Å². The van der Waals surface area contributed by atoms with E-state index in [4.69, 9.17) is 0 Å². The van der Waals surface area contributed by atoms with Crippen LogP contribution in [0.25, 0.3) is 6.08 Å². The molecule has 0 aromatic heterocycles. The molecule has 1 aliphatic heterocycles. The normalized spacial score (nSPS) is 16.0. The molecule has 0 unspecified atom stereocenters. The maximum Gasteiger partial charge on any atom is 0.293 e. The van der Waals surface area contributed by atoms with Crippen LogP contribution in [0.2, 0.25) is 0 Å². The molecule has 0 spiro atoms. The Bertz CT molecular complexity index is 922. The Kier molecular flexibility index (Phi) is 5.28. The van der Waals surface area contributed by atoms with Crippen LogP contribution in [0.1, 0.15) is 11.1 Å². The lowest BCUT2D eigenvalue weighted by Crippen LogP contribution is -2.27. The van der Waals surface area contributed by atoms with Gasteiger partial charge in [-0.05, 0) is 35.5 Å². The van der Waals surface area contributed by atoms with Crippen LogP contribution in [0.3, 0.4) is 0 Å². The summed E-state index contributed by atoms with van der Waals surface area (Å²) in [6.45, 7) is 0.219. The van der Waals surface area contributed by atoms with Gasteiger partial charge in [-0.15, -0.1) is 0 Å². The van der Waals surface area contributed by atoms with Crippen molar-refractivity contribution in [2.45, 2.75) is 6.54 Å². The monoisotopic (exact) mass is 366 g/mol. The van der Waals surface area contributed by atoms with Crippen LogP contribution in [0, 0.1) is 10.1 Å². The van der Waals surface area contributed by atoms with Crippen molar-refractivity contribution < 1.29 is 14.5 Å². The summed E-state index contributed by atoms with van der Waals surface area (Å²) in [4.78, 5) is 36.5. The summed E-state index contributed by atoms with van der Waals surface area (Å²) in [7, 11) is 0. The van der Waals surface area contributed by atoms with Gasteiger partial charge >= 0.3 is 0 Å². The van der Waals surface area contributed by atoms with Crippen molar-refractivity contribution in [1.82, 2.24) is 4.90 Å². The van der Waals surface area contributed by atoms with Crippen molar-refractivity contribution in [3.63, 3.8) is 0 Å². The average Bonchev–Trinajstić information content (AvgIpc) is 2.90. The molecule has 0 atom stereocenters. The van der Waals surface area contributed by atoms with Crippen molar-refractivity contribution in [2.24, 2.45) is 0 Å². The van der Waals surface area contributed by atoms with E-state index in [1.165, 1.54) is 17.0 Å². The molecule has 0 aliphatic carbocycles. The molecule has 0 bridgehead atoms. The van der Waals surface area contributed by atoms with Crippen LogP contribution < -0.4 is 0 Å². The Balaban J connectivity index is 1.75. The van der Waals surface area contributed by atoms with Crippen LogP contribution in [0.15, 0.2) is 71.7 Å². The van der Waals surface area contributed by atoms with Gasteiger partial charge in [0.1, 0.15) is 0 Å². The largest absolute Gasteiger partial charge is 0.293 e. The van der Waals surface area contributed by atoms with Crippen LogP contribution >= 0.6 is 11.8 Å². The van der Waals surface area contributed by atoms with Crippen molar-refractivity contribution in [3.05, 3.63) is 92.9 Å². The second-order valence-corrected chi connectivity index (χ2v) is 6.44. The quantitative estimate of drug-likeness (QED) is 0.445. The van der Waals surface area contributed by atoms with Gasteiger partial charge in [0.15, 0.2) is 0 Å². The molecule has 1 fully saturated rings. The minimum absolute atomic E-state index is 0.0191. The number of nitrogens with zero attached hydrogens (tertiary/aromatic N) is 2. The molecule has 1 aliphatic rings. The van der Waals surface area contributed by atoms with Crippen molar-refractivity contribution in [2.75, 3.05) is 0 Å². The zero-order chi connectivity index (χ0) is 18.5. The highest BCUT2D eigenvalue weighted by Gasteiger charge is 2.34. The number of para-hydroxylation sites is 1. The van der Waals surface area contributed by atoms with Gasteiger partial charge in [0, 0.05) is 6.07 Å². The van der Waals surface area contributed by atoms with Crippen LogP contribution in [-0.2, 0) is 11.3 Å². The fraction of sp³-hybridized carbons (Fsp3) is 0.0526. The van der Waals surface area contributed by atoms with Gasteiger partial charge in [-0.1, -0.05) is 48.5 Å². The molecule has 2 aromatic carbocycles. The first-order valence-corrected chi connectivity index (χ1v) is 8.57. The van der Waals surface area contributed by atoms with E-state index in [2.05, 4.69) is 0 Å². The second-order valence-electron chi connectivity index (χ2n) is 5.45. The number of carbonyl (C=O) groups excluding carboxylic acids is 2. The van der Waals surface area contributed by atoms with Crippen LogP contribution in [-0.4, -0.2) is 21.0 Å². The predicted molar refractivity (Wildman–Crippen MR) is 100 cm³/mol. The number of carbonyl (C=O) groups is 2. The van der Waals surface area contributed by atoms with E-state index in [-0.39, 0.29) is 23.4 Å². The minimum Gasteiger partial charge on any atom is -0.268 e. The van der Waals surface area contributed by atoms with Crippen molar-refractivity contribution >= 4 is 34.7 Å². The molecule has 0 radical (unpaired) electrons. The number of thioether (sulfide) groups is 1. The van der Waals surface area contributed by atoms with E-state index in [0.717, 1.165) is 17.3 Å². The highest BCUT2D eigenvalue weighted by Crippen LogP contribution is 2.32. The topological polar surface area (TPSA) is 80.5 Å². The number of rotatable bonds is 5. The van der Waals surface area contributed by atoms with Crippen molar-refractivity contribution in [3.8, 4) is 0 Å². The highest BCUT2D eigenvalue weighted by molar-refractivity contribution is 8.18. The molecular weight excluding hydrogens is 352 g/mol. The summed E-state index contributed by atoms with van der Waals surface area (Å²) in [5.74, 6) is -0.365. The third-order valence-electron chi connectivity index (χ3n) is 3.71. The third-order valence-corrected chi connectivity index (χ3v) is 4.64. The SMILES string of the molecule is O=C1S/C(=C\C=C\c2ccccc2[N+](=O)[O-])C(=O)N1Cc1ccccc1. The molecule has 2 aromatic rings. The third kappa shape index (κ3) is 3.89. The van der Waals surface area contributed by atoms with E-state index >= 15 is 0 Å². The standard InChI is InChI=1S/C19H14N2O4S/c22-18-17(12-6-10-15-9-4-5-11-16(15)21(24)25)26-19(23)20(18)13-14-7-2-1-3-8-14/h1-12H,13H2/b10-6+,17-12-. The van der Waals surface area contributed by atoms with Crippen LogP contribution in [0.4, 0.5) is 10.5 Å². The van der Waals surface area contributed by atoms with Gasteiger partial charge in [-0.3, -0.25) is 24.6 Å². The van der Waals surface area contributed by atoms with E-state index in [0.29, 0.717) is 10.5 Å².